The molecule has 0 bridgehead atoms. The van der Waals surface area contributed by atoms with Gasteiger partial charge in [0.25, 0.3) is 0 Å². The number of anilines is 2. The van der Waals surface area contributed by atoms with Crippen molar-refractivity contribution >= 4 is 93.8 Å². The van der Waals surface area contributed by atoms with Crippen LogP contribution in [0, 0.1) is 11.6 Å². The van der Waals surface area contributed by atoms with E-state index in [1.807, 2.05) is 27.7 Å². The second-order valence-corrected chi connectivity index (χ2v) is 21.1. The van der Waals surface area contributed by atoms with Gasteiger partial charge in [-0.3, -0.25) is 9.59 Å². The number of hydrogen-bond donors (Lipinski definition) is 7. The summed E-state index contributed by atoms with van der Waals surface area (Å²) >= 11 is 0. The predicted molar refractivity (Wildman–Crippen MR) is 278 cm³/mol. The van der Waals surface area contributed by atoms with E-state index < -0.39 is 80.9 Å². The first-order valence-corrected chi connectivity index (χ1v) is 26.2. The summed E-state index contributed by atoms with van der Waals surface area (Å²) in [6.45, 7) is 10.4. The average molecular weight is 1080 g/mol. The van der Waals surface area contributed by atoms with E-state index in [-0.39, 0.29) is 74.3 Å². The normalized spacial score (nSPS) is 13.4. The molecule has 24 heteroatoms. The quantitative estimate of drug-likeness (QED) is 0.0528. The van der Waals surface area contributed by atoms with Crippen molar-refractivity contribution in [1.29, 1.82) is 0 Å². The Bertz CT molecular complexity index is 2480. The third-order valence-electron chi connectivity index (χ3n) is 10.2. The molecule has 72 heavy (non-hydrogen) atoms. The van der Waals surface area contributed by atoms with Crippen molar-refractivity contribution in [2.45, 2.75) is 109 Å². The summed E-state index contributed by atoms with van der Waals surface area (Å²) in [6.07, 6.45) is 4.10. The fraction of sp³-hybridized carbons (Fsp3) is 0.458. The van der Waals surface area contributed by atoms with Gasteiger partial charge in [-0.25, -0.2) is 54.2 Å². The Kier molecular flexibility index (Phi) is 27.8. The number of rotatable bonds is 22. The molecule has 0 radical (unpaired) electrons. The van der Waals surface area contributed by atoms with Crippen molar-refractivity contribution in [2.75, 3.05) is 41.8 Å². The van der Waals surface area contributed by atoms with E-state index >= 15 is 0 Å². The Labute approximate surface area is 450 Å². The van der Waals surface area contributed by atoms with Gasteiger partial charge in [0.15, 0.2) is 0 Å². The molecular formula is C48H69CaF2N7O12S2. The molecule has 0 unspecified atom stereocenters. The molecule has 0 aliphatic carbocycles. The van der Waals surface area contributed by atoms with Gasteiger partial charge >= 0.3 is 49.7 Å². The molecule has 0 saturated carbocycles. The van der Waals surface area contributed by atoms with Gasteiger partial charge < -0.3 is 36.4 Å². The van der Waals surface area contributed by atoms with Crippen LogP contribution in [-0.2, 0) is 29.6 Å². The van der Waals surface area contributed by atoms with Gasteiger partial charge in [0.05, 0.1) is 72.5 Å². The van der Waals surface area contributed by atoms with E-state index in [9.17, 15) is 55.6 Å². The van der Waals surface area contributed by atoms with Gasteiger partial charge in [0.1, 0.15) is 11.6 Å². The number of nitrogens with zero attached hydrogens (tertiary/aromatic N) is 6. The number of hydrogen-bond acceptors (Lipinski definition) is 15. The molecule has 8 N–H and O–H groups in total. The van der Waals surface area contributed by atoms with E-state index in [0.717, 1.165) is 27.7 Å². The first kappa shape index (κ1) is 65.5. The van der Waals surface area contributed by atoms with Crippen LogP contribution < -0.4 is 14.3 Å². The molecule has 0 aliphatic heterocycles. The molecule has 2 heterocycles. The number of benzene rings is 2. The minimum atomic E-state index is -3.65. The number of nitrogens with two attached hydrogens (primary N) is 1. The van der Waals surface area contributed by atoms with Crippen molar-refractivity contribution in [3.05, 3.63) is 94.8 Å². The van der Waals surface area contributed by atoms with E-state index in [0.29, 0.717) is 45.0 Å². The Morgan fingerprint density at radius 2 is 0.958 bits per heavy atom. The zero-order valence-corrected chi connectivity index (χ0v) is 42.9. The standard InChI is InChI=1S/2C22H28FN3O6S.C4H11N.Ca.2H/c2*1-13(2)20-18(10-9-16(27)11-17(28)12-19(29)30)21(14-5-7-15(23)8-6-14)25-22(24-20)26(3)33(4,31)32;1-2-3-4-5;;;/h2*5-10,13,16-17,27-28H,11-12H2,1-4H3,(H,29,30);2-5H2,1H3;;;/t2*16-,17-;;;;/m11..../s1. The van der Waals surface area contributed by atoms with Gasteiger partial charge in [-0.1, -0.05) is 65.3 Å². The Morgan fingerprint density at radius 3 is 1.19 bits per heavy atom. The van der Waals surface area contributed by atoms with Crippen molar-refractivity contribution < 1.29 is 65.8 Å². The third-order valence-corrected chi connectivity index (χ3v) is 12.5. The van der Waals surface area contributed by atoms with Crippen LogP contribution in [0.15, 0.2) is 60.7 Å². The second kappa shape index (κ2) is 30.6. The van der Waals surface area contributed by atoms with Crippen LogP contribution in [0.2, 0.25) is 0 Å². The van der Waals surface area contributed by atoms with Gasteiger partial charge in [0, 0.05) is 49.2 Å². The number of halogens is 2. The zero-order valence-electron chi connectivity index (χ0n) is 41.3. The van der Waals surface area contributed by atoms with Crippen LogP contribution in [0.4, 0.5) is 20.7 Å². The molecule has 0 spiro atoms. The van der Waals surface area contributed by atoms with Crippen LogP contribution in [0.1, 0.15) is 107 Å². The average Bonchev–Trinajstić information content (AvgIpc) is 3.26. The number of aliphatic carboxylic acids is 2. The molecule has 2 aromatic carbocycles. The molecule has 2 aromatic heterocycles. The summed E-state index contributed by atoms with van der Waals surface area (Å²) in [5.41, 5.74) is 8.74. The number of carbonyl (C=O) groups is 2. The molecule has 4 atom stereocenters. The maximum atomic E-state index is 13.5. The monoisotopic (exact) mass is 1080 g/mol. The Morgan fingerprint density at radius 1 is 0.639 bits per heavy atom. The third kappa shape index (κ3) is 21.9. The number of carboxylic acids is 2. The first-order chi connectivity index (χ1) is 33.0. The van der Waals surface area contributed by atoms with Crippen LogP contribution >= 0.6 is 0 Å². The number of aliphatic hydroxyl groups is 4. The van der Waals surface area contributed by atoms with E-state index in [1.54, 1.807) is 0 Å². The fourth-order valence-electron chi connectivity index (χ4n) is 6.29. The zero-order chi connectivity index (χ0) is 54.0. The van der Waals surface area contributed by atoms with Crippen LogP contribution in [0.5, 0.6) is 0 Å². The van der Waals surface area contributed by atoms with E-state index in [4.69, 9.17) is 15.9 Å². The van der Waals surface area contributed by atoms with Crippen LogP contribution in [-0.4, -0.2) is 175 Å². The fourth-order valence-corrected chi connectivity index (χ4v) is 7.05. The number of carboxylic acid groups (broad SMARTS) is 2. The number of aliphatic hydroxyl groups excluding tert-OH is 4. The molecule has 4 rings (SSSR count). The van der Waals surface area contributed by atoms with Crippen molar-refractivity contribution in [1.82, 2.24) is 19.9 Å². The van der Waals surface area contributed by atoms with Crippen molar-refractivity contribution in [2.24, 2.45) is 5.73 Å². The van der Waals surface area contributed by atoms with Crippen molar-refractivity contribution in [3.63, 3.8) is 0 Å². The molecule has 0 aliphatic rings. The van der Waals surface area contributed by atoms with E-state index in [1.165, 1.54) is 99.8 Å². The Balaban J connectivity index is 0.000000649. The van der Waals surface area contributed by atoms with Gasteiger partial charge in [0.2, 0.25) is 31.9 Å². The molecular weight excluding hydrogens is 1010 g/mol. The van der Waals surface area contributed by atoms with E-state index in [2.05, 4.69) is 26.9 Å². The molecule has 0 saturated heterocycles. The van der Waals surface area contributed by atoms with Crippen LogP contribution in [0.3, 0.4) is 0 Å². The molecule has 4 aromatic rings. The van der Waals surface area contributed by atoms with Crippen molar-refractivity contribution in [3.8, 4) is 22.5 Å². The predicted octanol–water partition coefficient (Wildman–Crippen LogP) is 4.63. The summed E-state index contributed by atoms with van der Waals surface area (Å²) in [5.74, 6) is -3.74. The minimum absolute atomic E-state index is 0. The Hall–Kier alpha value is -4.56. The summed E-state index contributed by atoms with van der Waals surface area (Å²) in [7, 11) is -4.65. The number of aromatic nitrogens is 4. The second-order valence-electron chi connectivity index (χ2n) is 17.1. The number of unbranched alkanes of at least 4 members (excludes halogenated alkanes) is 1. The summed E-state index contributed by atoms with van der Waals surface area (Å²) in [5, 5.41) is 57.6. The molecule has 0 fully saturated rings. The molecule has 0 amide bonds. The van der Waals surface area contributed by atoms with Gasteiger partial charge in [-0.05, 0) is 73.3 Å². The maximum absolute atomic E-state index is 13.5. The number of sulfonamides is 2. The molecule has 396 valence electrons. The summed E-state index contributed by atoms with van der Waals surface area (Å²) in [4.78, 5) is 39.1. The summed E-state index contributed by atoms with van der Waals surface area (Å²) in [6, 6.07) is 11.0. The van der Waals surface area contributed by atoms with Gasteiger partial charge in [-0.15, -0.1) is 0 Å². The van der Waals surface area contributed by atoms with Gasteiger partial charge in [-0.2, -0.15) is 0 Å². The SMILES string of the molecule is CC(C)c1nc(N(C)S(C)(=O)=O)nc(-c2ccc(F)cc2)c1C=C[C@@H](O)C[C@@H](O)CC(=O)O.CC(C)c1nc(N(C)S(C)(=O)=O)nc(-c2ccc(F)cc2)c1C=C[C@@H](O)C[C@@H](O)CC(=O)O.CCCCN.[CaH2]. The first-order valence-electron chi connectivity index (χ1n) is 22.5. The van der Waals surface area contributed by atoms with Crippen LogP contribution in [0.25, 0.3) is 34.7 Å². The molecule has 19 nitrogen and oxygen atoms in total. The topological polar surface area (TPSA) is 308 Å². The summed E-state index contributed by atoms with van der Waals surface area (Å²) < 4.78 is 77.2.